The quantitative estimate of drug-likeness (QED) is 0.660. The van der Waals surface area contributed by atoms with Crippen molar-refractivity contribution in [2.75, 3.05) is 7.11 Å². The van der Waals surface area contributed by atoms with Crippen molar-refractivity contribution in [3.63, 3.8) is 0 Å². The van der Waals surface area contributed by atoms with E-state index >= 15 is 0 Å². The number of ether oxygens (including phenoxy) is 2. The second-order valence-corrected chi connectivity index (χ2v) is 6.92. The Kier molecular flexibility index (Phi) is 4.93. The van der Waals surface area contributed by atoms with E-state index in [1.165, 1.54) is 6.07 Å². The molecule has 1 heterocycles. The third-order valence-electron chi connectivity index (χ3n) is 3.83. The van der Waals surface area contributed by atoms with Gasteiger partial charge in [-0.05, 0) is 24.3 Å². The molecule has 0 aliphatic rings. The topological polar surface area (TPSA) is 57.4 Å². The Bertz CT molecular complexity index is 900. The molecule has 3 rings (SSSR count). The highest BCUT2D eigenvalue weighted by Crippen LogP contribution is 2.33. The van der Waals surface area contributed by atoms with Crippen LogP contribution in [0.25, 0.3) is 11.4 Å². The average Bonchev–Trinajstić information content (AvgIpc) is 3.11. The van der Waals surface area contributed by atoms with Gasteiger partial charge < -0.3 is 14.0 Å². The molecule has 2 aromatic carbocycles. The molecule has 0 bridgehead atoms. The zero-order valence-corrected chi connectivity index (χ0v) is 15.2. The van der Waals surface area contributed by atoms with Crippen LogP contribution in [0, 0.1) is 5.82 Å². The van der Waals surface area contributed by atoms with Crippen LogP contribution >= 0.6 is 0 Å². The van der Waals surface area contributed by atoms with Crippen LogP contribution in [0.15, 0.2) is 47.0 Å². The first-order chi connectivity index (χ1) is 12.4. The van der Waals surface area contributed by atoms with Crippen LogP contribution in [0.4, 0.5) is 4.39 Å². The Labute approximate surface area is 151 Å². The molecule has 136 valence electrons. The van der Waals surface area contributed by atoms with E-state index in [0.29, 0.717) is 28.8 Å². The zero-order chi connectivity index (χ0) is 18.7. The van der Waals surface area contributed by atoms with E-state index in [4.69, 9.17) is 14.0 Å². The summed E-state index contributed by atoms with van der Waals surface area (Å²) >= 11 is 0. The Morgan fingerprint density at radius 2 is 1.85 bits per heavy atom. The van der Waals surface area contributed by atoms with Crippen LogP contribution in [-0.2, 0) is 12.0 Å². The number of aromatic nitrogens is 2. The molecule has 0 atom stereocenters. The molecule has 0 saturated heterocycles. The summed E-state index contributed by atoms with van der Waals surface area (Å²) in [6.07, 6.45) is 0. The fraction of sp³-hybridized carbons (Fsp3) is 0.300. The molecule has 0 saturated carbocycles. The van der Waals surface area contributed by atoms with Crippen LogP contribution in [0.3, 0.4) is 0 Å². The van der Waals surface area contributed by atoms with Crippen molar-refractivity contribution in [3.8, 4) is 22.9 Å². The normalized spacial score (nSPS) is 11.4. The molecule has 26 heavy (non-hydrogen) atoms. The molecule has 0 amide bonds. The van der Waals surface area contributed by atoms with Gasteiger partial charge in [0.2, 0.25) is 11.7 Å². The summed E-state index contributed by atoms with van der Waals surface area (Å²) in [5.41, 5.74) is 1.00. The van der Waals surface area contributed by atoms with E-state index < -0.39 is 0 Å². The molecule has 0 radical (unpaired) electrons. The van der Waals surface area contributed by atoms with E-state index in [9.17, 15) is 4.39 Å². The van der Waals surface area contributed by atoms with E-state index in [2.05, 4.69) is 10.1 Å². The first-order valence-corrected chi connectivity index (χ1v) is 8.27. The third-order valence-corrected chi connectivity index (χ3v) is 3.83. The molecule has 0 N–H and O–H groups in total. The summed E-state index contributed by atoms with van der Waals surface area (Å²) in [5, 5.41) is 4.03. The summed E-state index contributed by atoms with van der Waals surface area (Å²) in [6, 6.07) is 11.8. The van der Waals surface area contributed by atoms with Crippen LogP contribution in [0.5, 0.6) is 11.5 Å². The van der Waals surface area contributed by atoms with Gasteiger partial charge in [-0.3, -0.25) is 0 Å². The maximum absolute atomic E-state index is 13.7. The molecule has 0 fully saturated rings. The van der Waals surface area contributed by atoms with Gasteiger partial charge in [-0.1, -0.05) is 44.1 Å². The molecule has 0 aliphatic heterocycles. The maximum atomic E-state index is 13.7. The number of rotatable bonds is 5. The summed E-state index contributed by atoms with van der Waals surface area (Å²) in [7, 11) is 1.55. The van der Waals surface area contributed by atoms with Gasteiger partial charge in [-0.25, -0.2) is 4.39 Å². The predicted octanol–water partition coefficient (Wildman–Crippen LogP) is 4.76. The van der Waals surface area contributed by atoms with Gasteiger partial charge in [-0.2, -0.15) is 4.98 Å². The maximum Gasteiger partial charge on any atom is 0.232 e. The van der Waals surface area contributed by atoms with Gasteiger partial charge in [0.1, 0.15) is 12.4 Å². The molecule has 6 heteroatoms. The molecular formula is C20H21FN2O3. The fourth-order valence-electron chi connectivity index (χ4n) is 2.34. The van der Waals surface area contributed by atoms with E-state index in [0.717, 1.165) is 5.56 Å². The van der Waals surface area contributed by atoms with E-state index in [1.54, 1.807) is 37.4 Å². The van der Waals surface area contributed by atoms with Crippen molar-refractivity contribution in [1.29, 1.82) is 0 Å². The SMILES string of the molecule is COc1cc(-c2noc(C(C)(C)C)n2)ccc1OCc1ccccc1F. The lowest BCUT2D eigenvalue weighted by Gasteiger charge is -2.12. The van der Waals surface area contributed by atoms with Gasteiger partial charge in [0.25, 0.3) is 0 Å². The highest BCUT2D eigenvalue weighted by atomic mass is 19.1. The molecule has 0 unspecified atom stereocenters. The number of nitrogens with zero attached hydrogens (tertiary/aromatic N) is 2. The lowest BCUT2D eigenvalue weighted by Crippen LogP contribution is -2.11. The van der Waals surface area contributed by atoms with Crippen molar-refractivity contribution >= 4 is 0 Å². The Morgan fingerprint density at radius 1 is 1.08 bits per heavy atom. The van der Waals surface area contributed by atoms with Crippen molar-refractivity contribution in [3.05, 3.63) is 59.7 Å². The molecular weight excluding hydrogens is 335 g/mol. The number of benzene rings is 2. The fourth-order valence-corrected chi connectivity index (χ4v) is 2.34. The Morgan fingerprint density at radius 3 is 2.50 bits per heavy atom. The predicted molar refractivity (Wildman–Crippen MR) is 95.7 cm³/mol. The summed E-state index contributed by atoms with van der Waals surface area (Å²) in [5.74, 6) is 1.77. The van der Waals surface area contributed by atoms with Crippen molar-refractivity contribution < 1.29 is 18.4 Å². The van der Waals surface area contributed by atoms with Gasteiger partial charge >= 0.3 is 0 Å². The molecule has 1 aromatic heterocycles. The van der Waals surface area contributed by atoms with E-state index in [-0.39, 0.29) is 17.8 Å². The van der Waals surface area contributed by atoms with Gasteiger partial charge in [0.05, 0.1) is 7.11 Å². The number of hydrogen-bond donors (Lipinski definition) is 0. The Hall–Kier alpha value is -2.89. The monoisotopic (exact) mass is 356 g/mol. The lowest BCUT2D eigenvalue weighted by molar-refractivity contribution is 0.280. The summed E-state index contributed by atoms with van der Waals surface area (Å²) in [4.78, 5) is 4.44. The minimum atomic E-state index is -0.301. The zero-order valence-electron chi connectivity index (χ0n) is 15.2. The average molecular weight is 356 g/mol. The first-order valence-electron chi connectivity index (χ1n) is 8.27. The van der Waals surface area contributed by atoms with Crippen LogP contribution in [0.2, 0.25) is 0 Å². The van der Waals surface area contributed by atoms with E-state index in [1.807, 2.05) is 26.8 Å². The van der Waals surface area contributed by atoms with Crippen LogP contribution in [-0.4, -0.2) is 17.3 Å². The second-order valence-electron chi connectivity index (χ2n) is 6.92. The van der Waals surface area contributed by atoms with Crippen molar-refractivity contribution in [1.82, 2.24) is 10.1 Å². The molecule has 5 nitrogen and oxygen atoms in total. The first kappa shape index (κ1) is 17.9. The summed E-state index contributed by atoms with van der Waals surface area (Å²) in [6.45, 7) is 6.12. The highest BCUT2D eigenvalue weighted by Gasteiger charge is 2.22. The highest BCUT2D eigenvalue weighted by molar-refractivity contribution is 5.60. The molecule has 0 spiro atoms. The summed E-state index contributed by atoms with van der Waals surface area (Å²) < 4.78 is 30.2. The largest absolute Gasteiger partial charge is 0.493 e. The standard InChI is InChI=1S/C20H21FN2O3/c1-20(2,3)19-22-18(23-26-19)13-9-10-16(17(11-13)24-4)25-12-14-7-5-6-8-15(14)21/h5-11H,12H2,1-4H3. The Balaban J connectivity index is 1.82. The van der Waals surface area contributed by atoms with Crippen LogP contribution in [0.1, 0.15) is 32.2 Å². The minimum absolute atomic E-state index is 0.110. The van der Waals surface area contributed by atoms with Gasteiger partial charge in [0, 0.05) is 16.5 Å². The molecule has 3 aromatic rings. The number of hydrogen-bond acceptors (Lipinski definition) is 5. The smallest absolute Gasteiger partial charge is 0.232 e. The minimum Gasteiger partial charge on any atom is -0.493 e. The van der Waals surface area contributed by atoms with Gasteiger partial charge in [0.15, 0.2) is 11.5 Å². The lowest BCUT2D eigenvalue weighted by atomic mass is 9.97. The third kappa shape index (κ3) is 3.85. The van der Waals surface area contributed by atoms with Gasteiger partial charge in [-0.15, -0.1) is 0 Å². The van der Waals surface area contributed by atoms with Crippen molar-refractivity contribution in [2.24, 2.45) is 0 Å². The molecule has 0 aliphatic carbocycles. The van der Waals surface area contributed by atoms with Crippen molar-refractivity contribution in [2.45, 2.75) is 32.8 Å². The van der Waals surface area contributed by atoms with Crippen LogP contribution < -0.4 is 9.47 Å². The number of methoxy groups -OCH3 is 1. The number of halogens is 1. The second kappa shape index (κ2) is 7.15.